The minimum Gasteiger partial charge on any atom is -0.455 e. The van der Waals surface area contributed by atoms with E-state index in [1.54, 1.807) is 6.92 Å². The molecular weight excluding hydrogens is 366 g/mol. The maximum atomic E-state index is 12.7. The quantitative estimate of drug-likeness (QED) is 0.811. The maximum Gasteiger partial charge on any atom is 0.287 e. The van der Waals surface area contributed by atoms with Crippen molar-refractivity contribution in [3.05, 3.63) is 17.6 Å². The highest BCUT2D eigenvalue weighted by Gasteiger charge is 2.32. The van der Waals surface area contributed by atoms with Gasteiger partial charge in [0.1, 0.15) is 10.7 Å². The Labute approximate surface area is 155 Å². The van der Waals surface area contributed by atoms with Gasteiger partial charge in [0.2, 0.25) is 10.0 Å². The van der Waals surface area contributed by atoms with E-state index in [9.17, 15) is 13.2 Å². The molecule has 3 heterocycles. The Hall–Kier alpha value is -1.09. The van der Waals surface area contributed by atoms with Crippen LogP contribution in [0.25, 0.3) is 0 Å². The van der Waals surface area contributed by atoms with Crippen molar-refractivity contribution in [2.24, 2.45) is 5.92 Å². The standard InChI is InChI=1S/C16H25N3O4S.ClH/c1-11-5-6-17-10-13(11)18-16(20)14-9-15(12(2)23-14)24(21,22)19-7-3-4-8-19;/h9,11,13,17H,3-8,10H2,1-2H3,(H,18,20);1H. The molecule has 2 saturated heterocycles. The average molecular weight is 392 g/mol. The Morgan fingerprint density at radius 2 is 2.04 bits per heavy atom. The number of hydrogen-bond donors (Lipinski definition) is 2. The van der Waals surface area contributed by atoms with E-state index in [2.05, 4.69) is 17.6 Å². The van der Waals surface area contributed by atoms with E-state index in [1.807, 2.05) is 0 Å². The molecule has 7 nitrogen and oxygen atoms in total. The molecule has 9 heteroatoms. The second kappa shape index (κ2) is 8.07. The number of nitrogens with one attached hydrogen (secondary N) is 2. The molecule has 2 N–H and O–H groups in total. The molecule has 0 aromatic carbocycles. The van der Waals surface area contributed by atoms with Gasteiger partial charge in [-0.05, 0) is 38.6 Å². The fourth-order valence-electron chi connectivity index (χ4n) is 3.32. The van der Waals surface area contributed by atoms with Crippen LogP contribution >= 0.6 is 12.4 Å². The van der Waals surface area contributed by atoms with Crippen LogP contribution in [0, 0.1) is 12.8 Å². The van der Waals surface area contributed by atoms with Gasteiger partial charge in [-0.2, -0.15) is 4.31 Å². The molecule has 2 aliphatic rings. The van der Waals surface area contributed by atoms with Gasteiger partial charge in [0, 0.05) is 31.7 Å². The lowest BCUT2D eigenvalue weighted by Crippen LogP contribution is -2.50. The molecule has 0 aliphatic carbocycles. The predicted molar refractivity (Wildman–Crippen MR) is 96.6 cm³/mol. The molecule has 0 bridgehead atoms. The number of hydrogen-bond acceptors (Lipinski definition) is 5. The van der Waals surface area contributed by atoms with Crippen LogP contribution in [-0.4, -0.2) is 50.9 Å². The summed E-state index contributed by atoms with van der Waals surface area (Å²) in [7, 11) is -3.58. The highest BCUT2D eigenvalue weighted by atomic mass is 35.5. The third kappa shape index (κ3) is 4.19. The number of carbonyl (C=O) groups is 1. The lowest BCUT2D eigenvalue weighted by molar-refractivity contribution is 0.0885. The van der Waals surface area contributed by atoms with Gasteiger partial charge in [-0.15, -0.1) is 12.4 Å². The molecule has 1 amide bonds. The molecule has 0 radical (unpaired) electrons. The van der Waals surface area contributed by atoms with Crippen LogP contribution in [0.4, 0.5) is 0 Å². The van der Waals surface area contributed by atoms with Crippen molar-refractivity contribution in [2.45, 2.75) is 44.0 Å². The number of carbonyl (C=O) groups excluding carboxylic acids is 1. The number of furan rings is 1. The molecule has 1 aromatic rings. The second-order valence-electron chi connectivity index (χ2n) is 6.69. The fourth-order valence-corrected chi connectivity index (χ4v) is 5.00. The maximum absolute atomic E-state index is 12.7. The normalized spacial score (nSPS) is 24.7. The molecule has 2 atom stereocenters. The Bertz CT molecular complexity index is 713. The van der Waals surface area contributed by atoms with E-state index >= 15 is 0 Å². The first kappa shape index (κ1) is 20.2. The van der Waals surface area contributed by atoms with Crippen LogP contribution in [0.15, 0.2) is 15.4 Å². The number of nitrogens with zero attached hydrogens (tertiary/aromatic N) is 1. The summed E-state index contributed by atoms with van der Waals surface area (Å²) in [4.78, 5) is 12.5. The van der Waals surface area contributed by atoms with Gasteiger partial charge in [0.05, 0.1) is 0 Å². The van der Waals surface area contributed by atoms with Crippen molar-refractivity contribution in [1.29, 1.82) is 0 Å². The third-order valence-electron chi connectivity index (χ3n) is 4.92. The number of amides is 1. The van der Waals surface area contributed by atoms with E-state index < -0.39 is 10.0 Å². The summed E-state index contributed by atoms with van der Waals surface area (Å²) in [6, 6.07) is 1.38. The summed E-state index contributed by atoms with van der Waals surface area (Å²) in [6.07, 6.45) is 2.74. The molecule has 142 valence electrons. The van der Waals surface area contributed by atoms with Crippen molar-refractivity contribution in [2.75, 3.05) is 26.2 Å². The summed E-state index contributed by atoms with van der Waals surface area (Å²) in [6.45, 7) is 6.41. The van der Waals surface area contributed by atoms with Crippen LogP contribution in [0.2, 0.25) is 0 Å². The van der Waals surface area contributed by atoms with E-state index in [1.165, 1.54) is 10.4 Å². The zero-order valence-corrected chi connectivity index (χ0v) is 16.2. The van der Waals surface area contributed by atoms with Gasteiger partial charge in [-0.1, -0.05) is 6.92 Å². The minimum absolute atomic E-state index is 0. The van der Waals surface area contributed by atoms with Crippen molar-refractivity contribution in [1.82, 2.24) is 14.9 Å². The van der Waals surface area contributed by atoms with Gasteiger partial charge in [-0.25, -0.2) is 8.42 Å². The SMILES string of the molecule is Cc1oc(C(=O)NC2CNCCC2C)cc1S(=O)(=O)N1CCCC1.Cl. The molecular formula is C16H26ClN3O4S. The topological polar surface area (TPSA) is 91.6 Å². The van der Waals surface area contributed by atoms with Crippen LogP contribution in [0.5, 0.6) is 0 Å². The molecule has 2 unspecified atom stereocenters. The van der Waals surface area contributed by atoms with Gasteiger partial charge in [0.25, 0.3) is 5.91 Å². The summed E-state index contributed by atoms with van der Waals surface area (Å²) in [5, 5.41) is 6.19. The van der Waals surface area contributed by atoms with E-state index in [-0.39, 0.29) is 40.8 Å². The van der Waals surface area contributed by atoms with Crippen molar-refractivity contribution in [3.63, 3.8) is 0 Å². The van der Waals surface area contributed by atoms with Gasteiger partial charge < -0.3 is 15.1 Å². The Kier molecular flexibility index (Phi) is 6.53. The first-order valence-corrected chi connectivity index (χ1v) is 9.96. The van der Waals surface area contributed by atoms with Crippen LogP contribution in [0.1, 0.15) is 42.5 Å². The van der Waals surface area contributed by atoms with Gasteiger partial charge >= 0.3 is 0 Å². The fraction of sp³-hybridized carbons (Fsp3) is 0.688. The number of rotatable bonds is 4. The van der Waals surface area contributed by atoms with Crippen molar-refractivity contribution < 1.29 is 17.6 Å². The summed E-state index contributed by atoms with van der Waals surface area (Å²) < 4.78 is 32.2. The van der Waals surface area contributed by atoms with Crippen LogP contribution in [0.3, 0.4) is 0 Å². The Balaban J connectivity index is 0.00000225. The molecule has 25 heavy (non-hydrogen) atoms. The molecule has 1 aromatic heterocycles. The summed E-state index contributed by atoms with van der Waals surface area (Å²) in [5.74, 6) is 0.338. The summed E-state index contributed by atoms with van der Waals surface area (Å²) >= 11 is 0. The third-order valence-corrected chi connectivity index (χ3v) is 6.93. The molecule has 0 saturated carbocycles. The number of sulfonamides is 1. The zero-order valence-electron chi connectivity index (χ0n) is 14.6. The van der Waals surface area contributed by atoms with Crippen LogP contribution < -0.4 is 10.6 Å². The van der Waals surface area contributed by atoms with E-state index in [0.717, 1.165) is 25.8 Å². The van der Waals surface area contributed by atoms with Gasteiger partial charge in [-0.3, -0.25) is 4.79 Å². The zero-order chi connectivity index (χ0) is 17.3. The first-order chi connectivity index (χ1) is 11.4. The summed E-state index contributed by atoms with van der Waals surface area (Å²) in [5.41, 5.74) is 0. The van der Waals surface area contributed by atoms with Gasteiger partial charge in [0.15, 0.2) is 5.76 Å². The lowest BCUT2D eigenvalue weighted by Gasteiger charge is -2.29. The largest absolute Gasteiger partial charge is 0.455 e. The Morgan fingerprint density at radius 3 is 2.68 bits per heavy atom. The molecule has 0 spiro atoms. The monoisotopic (exact) mass is 391 g/mol. The molecule has 3 rings (SSSR count). The smallest absolute Gasteiger partial charge is 0.287 e. The van der Waals surface area contributed by atoms with E-state index in [0.29, 0.717) is 25.6 Å². The van der Waals surface area contributed by atoms with Crippen molar-refractivity contribution >= 4 is 28.3 Å². The highest BCUT2D eigenvalue weighted by molar-refractivity contribution is 7.89. The average Bonchev–Trinajstić information content (AvgIpc) is 3.19. The van der Waals surface area contributed by atoms with Crippen molar-refractivity contribution in [3.8, 4) is 0 Å². The number of piperidine rings is 1. The van der Waals surface area contributed by atoms with E-state index in [4.69, 9.17) is 4.42 Å². The lowest BCUT2D eigenvalue weighted by atomic mass is 9.95. The number of halogens is 1. The minimum atomic E-state index is -3.58. The number of aryl methyl sites for hydroxylation is 1. The second-order valence-corrected chi connectivity index (χ2v) is 8.60. The molecule has 2 aliphatic heterocycles. The van der Waals surface area contributed by atoms with Crippen LogP contribution in [-0.2, 0) is 10.0 Å². The Morgan fingerprint density at radius 1 is 1.36 bits per heavy atom. The highest BCUT2D eigenvalue weighted by Crippen LogP contribution is 2.26. The molecule has 2 fully saturated rings. The predicted octanol–water partition coefficient (Wildman–Crippen LogP) is 1.52. The first-order valence-electron chi connectivity index (χ1n) is 8.52.